The Labute approximate surface area is 124 Å². The molecule has 0 atom stereocenters. The fourth-order valence-corrected chi connectivity index (χ4v) is 2.04. The average molecular weight is 313 g/mol. The highest BCUT2D eigenvalue weighted by Crippen LogP contribution is 2.35. The summed E-state index contributed by atoms with van der Waals surface area (Å²) in [6, 6.07) is 5.40. The van der Waals surface area contributed by atoms with Crippen molar-refractivity contribution in [3.8, 4) is 5.75 Å². The third-order valence-corrected chi connectivity index (χ3v) is 3.15. The maximum absolute atomic E-state index is 12.0. The molecule has 2 N–H and O–H groups in total. The number of hydrogen-bond donors (Lipinski definition) is 2. The molecule has 0 unspecified atom stereocenters. The number of aromatic hydroxyl groups is 1. The Morgan fingerprint density at radius 3 is 2.65 bits per heavy atom. The molecule has 0 fully saturated rings. The van der Waals surface area contributed by atoms with Gasteiger partial charge < -0.3 is 15.0 Å². The summed E-state index contributed by atoms with van der Waals surface area (Å²) in [5, 5.41) is 12.5. The van der Waals surface area contributed by atoms with Crippen LogP contribution in [-0.4, -0.2) is 15.6 Å². The zero-order chi connectivity index (χ0) is 14.9. The number of rotatable bonds is 2. The molecule has 5 nitrogen and oxygen atoms in total. The van der Waals surface area contributed by atoms with Crippen molar-refractivity contribution in [1.82, 2.24) is 4.57 Å². The van der Waals surface area contributed by atoms with Crippen LogP contribution in [0.2, 0.25) is 10.0 Å². The number of aryl methyl sites for hydroxylation is 1. The van der Waals surface area contributed by atoms with E-state index >= 15 is 0 Å². The van der Waals surface area contributed by atoms with E-state index in [4.69, 9.17) is 23.2 Å². The zero-order valence-electron chi connectivity index (χ0n) is 10.4. The Kier molecular flexibility index (Phi) is 4.01. The Morgan fingerprint density at radius 1 is 1.30 bits per heavy atom. The van der Waals surface area contributed by atoms with Crippen molar-refractivity contribution in [3.05, 3.63) is 56.4 Å². The van der Waals surface area contributed by atoms with Crippen LogP contribution in [0, 0.1) is 0 Å². The monoisotopic (exact) mass is 312 g/mol. The van der Waals surface area contributed by atoms with Gasteiger partial charge in [-0.3, -0.25) is 9.59 Å². The first kappa shape index (κ1) is 14.4. The number of aromatic nitrogens is 1. The minimum atomic E-state index is -0.545. The van der Waals surface area contributed by atoms with Gasteiger partial charge in [-0.2, -0.15) is 0 Å². The number of amides is 1. The SMILES string of the molecule is Cn1ccc(C(=O)Nc2cc(Cl)cc(Cl)c2O)cc1=O. The highest BCUT2D eigenvalue weighted by Gasteiger charge is 2.13. The van der Waals surface area contributed by atoms with E-state index in [0.717, 1.165) is 0 Å². The standard InChI is InChI=1S/C13H10Cl2N2O3/c1-17-3-2-7(4-11(17)18)13(20)16-10-6-8(14)5-9(15)12(10)19/h2-6,19H,1H3,(H,16,20). The topological polar surface area (TPSA) is 71.3 Å². The number of phenols is 1. The number of benzene rings is 1. The summed E-state index contributed by atoms with van der Waals surface area (Å²) in [6.45, 7) is 0. The van der Waals surface area contributed by atoms with E-state index in [9.17, 15) is 14.7 Å². The average Bonchev–Trinajstić information content (AvgIpc) is 2.38. The summed E-state index contributed by atoms with van der Waals surface area (Å²) in [6.07, 6.45) is 1.47. The van der Waals surface area contributed by atoms with Crippen molar-refractivity contribution in [2.45, 2.75) is 0 Å². The number of nitrogens with one attached hydrogen (secondary N) is 1. The molecule has 7 heteroatoms. The van der Waals surface area contributed by atoms with E-state index < -0.39 is 5.91 Å². The second kappa shape index (κ2) is 5.56. The zero-order valence-corrected chi connectivity index (χ0v) is 11.9. The molecule has 0 saturated carbocycles. The Balaban J connectivity index is 2.32. The fourth-order valence-electron chi connectivity index (χ4n) is 1.55. The van der Waals surface area contributed by atoms with Crippen molar-refractivity contribution in [1.29, 1.82) is 0 Å². The van der Waals surface area contributed by atoms with Crippen LogP contribution in [0.3, 0.4) is 0 Å². The Morgan fingerprint density at radius 2 is 2.00 bits per heavy atom. The molecule has 1 aromatic carbocycles. The lowest BCUT2D eigenvalue weighted by atomic mass is 10.2. The van der Waals surface area contributed by atoms with Gasteiger partial charge in [-0.15, -0.1) is 0 Å². The molecule has 0 radical (unpaired) electrons. The molecule has 20 heavy (non-hydrogen) atoms. The summed E-state index contributed by atoms with van der Waals surface area (Å²) in [5.41, 5.74) is -0.0669. The molecule has 1 aromatic heterocycles. The number of halogens is 2. The van der Waals surface area contributed by atoms with E-state index in [1.54, 1.807) is 7.05 Å². The molecule has 1 heterocycles. The lowest BCUT2D eigenvalue weighted by molar-refractivity contribution is 0.102. The largest absolute Gasteiger partial charge is 0.504 e. The van der Waals surface area contributed by atoms with Gasteiger partial charge in [0.1, 0.15) is 0 Å². The maximum Gasteiger partial charge on any atom is 0.256 e. The molecule has 2 aromatic rings. The summed E-state index contributed by atoms with van der Waals surface area (Å²) in [4.78, 5) is 23.5. The van der Waals surface area contributed by atoms with Gasteiger partial charge >= 0.3 is 0 Å². The molecule has 0 aliphatic carbocycles. The lowest BCUT2D eigenvalue weighted by Crippen LogP contribution is -2.20. The van der Waals surface area contributed by atoms with Gasteiger partial charge in [0.2, 0.25) is 0 Å². The number of carbonyl (C=O) groups is 1. The predicted molar refractivity (Wildman–Crippen MR) is 77.8 cm³/mol. The van der Waals surface area contributed by atoms with Crippen molar-refractivity contribution < 1.29 is 9.90 Å². The van der Waals surface area contributed by atoms with Crippen LogP contribution in [-0.2, 0) is 7.05 Å². The molecule has 0 saturated heterocycles. The molecule has 0 spiro atoms. The third-order valence-electron chi connectivity index (χ3n) is 2.64. The summed E-state index contributed by atoms with van der Waals surface area (Å²) in [5.74, 6) is -0.829. The van der Waals surface area contributed by atoms with Crippen LogP contribution in [0.1, 0.15) is 10.4 Å². The fraction of sp³-hybridized carbons (Fsp3) is 0.0769. The van der Waals surface area contributed by atoms with Crippen LogP contribution in [0.25, 0.3) is 0 Å². The normalized spacial score (nSPS) is 10.3. The molecule has 0 aliphatic heterocycles. The second-order valence-corrected chi connectivity index (χ2v) is 4.95. The first-order valence-corrected chi connectivity index (χ1v) is 6.30. The highest BCUT2D eigenvalue weighted by molar-refractivity contribution is 6.36. The van der Waals surface area contributed by atoms with E-state index in [1.807, 2.05) is 0 Å². The van der Waals surface area contributed by atoms with Crippen molar-refractivity contribution in [2.75, 3.05) is 5.32 Å². The van der Waals surface area contributed by atoms with Crippen LogP contribution in [0.15, 0.2) is 35.3 Å². The Hall–Kier alpha value is -1.98. The number of carbonyl (C=O) groups excluding carboxylic acids is 1. The highest BCUT2D eigenvalue weighted by atomic mass is 35.5. The lowest BCUT2D eigenvalue weighted by Gasteiger charge is -2.09. The maximum atomic E-state index is 12.0. The molecular formula is C13H10Cl2N2O3. The van der Waals surface area contributed by atoms with Crippen LogP contribution in [0.5, 0.6) is 5.75 Å². The molecule has 2 rings (SSSR count). The van der Waals surface area contributed by atoms with Gasteiger partial charge in [-0.05, 0) is 18.2 Å². The van der Waals surface area contributed by atoms with E-state index in [-0.39, 0.29) is 32.6 Å². The van der Waals surface area contributed by atoms with Gasteiger partial charge in [0.25, 0.3) is 11.5 Å². The summed E-state index contributed by atoms with van der Waals surface area (Å²) in [7, 11) is 1.58. The van der Waals surface area contributed by atoms with Gasteiger partial charge in [0.15, 0.2) is 5.75 Å². The number of phenolic OH excluding ortho intramolecular Hbond substituents is 1. The third kappa shape index (κ3) is 2.95. The molecular weight excluding hydrogens is 303 g/mol. The van der Waals surface area contributed by atoms with Gasteiger partial charge in [-0.1, -0.05) is 23.2 Å². The van der Waals surface area contributed by atoms with E-state index in [2.05, 4.69) is 5.32 Å². The summed E-state index contributed by atoms with van der Waals surface area (Å²) >= 11 is 11.6. The predicted octanol–water partition coefficient (Wildman–Crippen LogP) is 2.65. The number of hydrogen-bond acceptors (Lipinski definition) is 3. The minimum Gasteiger partial charge on any atom is -0.504 e. The quantitative estimate of drug-likeness (QED) is 0.837. The molecule has 0 aliphatic rings. The number of nitrogens with zero attached hydrogens (tertiary/aromatic N) is 1. The van der Waals surface area contributed by atoms with Gasteiger partial charge in [0, 0.05) is 29.9 Å². The van der Waals surface area contributed by atoms with E-state index in [1.165, 1.54) is 35.0 Å². The van der Waals surface area contributed by atoms with Crippen LogP contribution >= 0.6 is 23.2 Å². The second-order valence-electron chi connectivity index (χ2n) is 4.10. The van der Waals surface area contributed by atoms with Crippen molar-refractivity contribution in [2.24, 2.45) is 7.05 Å². The number of pyridine rings is 1. The molecule has 104 valence electrons. The first-order chi connectivity index (χ1) is 9.38. The molecule has 1 amide bonds. The van der Waals surface area contributed by atoms with Gasteiger partial charge in [0.05, 0.1) is 10.7 Å². The van der Waals surface area contributed by atoms with E-state index in [0.29, 0.717) is 0 Å². The van der Waals surface area contributed by atoms with Crippen LogP contribution < -0.4 is 10.9 Å². The number of anilines is 1. The van der Waals surface area contributed by atoms with Crippen molar-refractivity contribution >= 4 is 34.8 Å². The van der Waals surface area contributed by atoms with Crippen molar-refractivity contribution in [3.63, 3.8) is 0 Å². The minimum absolute atomic E-state index is 0.0248. The first-order valence-electron chi connectivity index (χ1n) is 5.54. The summed E-state index contributed by atoms with van der Waals surface area (Å²) < 4.78 is 1.34. The smallest absolute Gasteiger partial charge is 0.256 e. The Bertz CT molecular complexity index is 741. The van der Waals surface area contributed by atoms with Gasteiger partial charge in [-0.25, -0.2) is 0 Å². The van der Waals surface area contributed by atoms with Crippen LogP contribution in [0.4, 0.5) is 5.69 Å². The molecule has 0 bridgehead atoms.